The molecule has 0 nitrogen and oxygen atoms in total. The molecule has 80 valence electrons. The van der Waals surface area contributed by atoms with Gasteiger partial charge in [-0.1, -0.05) is 78.3 Å². The fourth-order valence-electron chi connectivity index (χ4n) is 1.54. The third-order valence-corrected chi connectivity index (χ3v) is 2.78. The number of halogens is 1. The van der Waals surface area contributed by atoms with E-state index in [1.807, 2.05) is 54.6 Å². The summed E-state index contributed by atoms with van der Waals surface area (Å²) in [4.78, 5) is 0. The van der Waals surface area contributed by atoms with Crippen molar-refractivity contribution in [3.8, 4) is 0 Å². The topological polar surface area (TPSA) is 0 Å². The van der Waals surface area contributed by atoms with Crippen molar-refractivity contribution >= 4 is 16.6 Å². The molecule has 0 aliphatic heterocycles. The quantitative estimate of drug-likeness (QED) is 0.725. The number of hydrogen-bond donors (Lipinski definition) is 0. The van der Waals surface area contributed by atoms with E-state index in [1.165, 1.54) is 5.56 Å². The molecule has 0 atom stereocenters. The summed E-state index contributed by atoms with van der Waals surface area (Å²) in [7, 11) is 0. The van der Waals surface area contributed by atoms with Gasteiger partial charge in [-0.25, -0.2) is 0 Å². The Bertz CT molecular complexity index is 457. The van der Waals surface area contributed by atoms with Gasteiger partial charge in [-0.05, 0) is 17.5 Å². The summed E-state index contributed by atoms with van der Waals surface area (Å²) in [6.07, 6.45) is 2.92. The Morgan fingerprint density at radius 3 is 2.06 bits per heavy atom. The van der Waals surface area contributed by atoms with Gasteiger partial charge in [0, 0.05) is 5.03 Å². The van der Waals surface area contributed by atoms with Crippen LogP contribution in [0.1, 0.15) is 11.1 Å². The minimum absolute atomic E-state index is 0.810. The first-order valence-corrected chi connectivity index (χ1v) is 5.69. The second-order valence-electron chi connectivity index (χ2n) is 3.61. The van der Waals surface area contributed by atoms with Crippen LogP contribution in [0.25, 0.3) is 5.03 Å². The van der Waals surface area contributed by atoms with E-state index >= 15 is 0 Å². The first-order chi connectivity index (χ1) is 7.86. The average molecular weight is 229 g/mol. The third kappa shape index (κ3) is 2.98. The van der Waals surface area contributed by atoms with E-state index in [1.54, 1.807) is 0 Å². The van der Waals surface area contributed by atoms with Gasteiger partial charge in [0.25, 0.3) is 0 Å². The molecule has 2 aromatic rings. The molecule has 16 heavy (non-hydrogen) atoms. The summed E-state index contributed by atoms with van der Waals surface area (Å²) < 4.78 is 0. The van der Waals surface area contributed by atoms with Crippen molar-refractivity contribution in [2.24, 2.45) is 0 Å². The average Bonchev–Trinajstić information content (AvgIpc) is 2.38. The SMILES string of the molecule is Cl/C(=C\Cc1ccccc1)c1ccccc1. The van der Waals surface area contributed by atoms with Crippen LogP contribution in [0.4, 0.5) is 0 Å². The number of hydrogen-bond acceptors (Lipinski definition) is 0. The number of allylic oxidation sites excluding steroid dienone is 1. The zero-order valence-electron chi connectivity index (χ0n) is 8.94. The van der Waals surface area contributed by atoms with Crippen molar-refractivity contribution in [3.63, 3.8) is 0 Å². The van der Waals surface area contributed by atoms with Crippen LogP contribution >= 0.6 is 11.6 Å². The second kappa shape index (κ2) is 5.53. The van der Waals surface area contributed by atoms with E-state index in [-0.39, 0.29) is 0 Å². The molecule has 2 rings (SSSR count). The molecule has 2 aromatic carbocycles. The van der Waals surface area contributed by atoms with Crippen molar-refractivity contribution in [2.75, 3.05) is 0 Å². The van der Waals surface area contributed by atoms with Gasteiger partial charge in [-0.15, -0.1) is 0 Å². The second-order valence-corrected chi connectivity index (χ2v) is 4.02. The lowest BCUT2D eigenvalue weighted by molar-refractivity contribution is 1.28. The fourth-order valence-corrected chi connectivity index (χ4v) is 1.74. The minimum Gasteiger partial charge on any atom is -0.0840 e. The highest BCUT2D eigenvalue weighted by Gasteiger charge is 1.96. The Hall–Kier alpha value is -1.53. The van der Waals surface area contributed by atoms with Gasteiger partial charge in [0.15, 0.2) is 0 Å². The summed E-state index contributed by atoms with van der Waals surface area (Å²) in [5.74, 6) is 0. The van der Waals surface area contributed by atoms with Crippen LogP contribution in [0.15, 0.2) is 66.7 Å². The van der Waals surface area contributed by atoms with E-state index in [2.05, 4.69) is 12.1 Å². The summed E-state index contributed by atoms with van der Waals surface area (Å²) >= 11 is 6.22. The highest BCUT2D eigenvalue weighted by molar-refractivity contribution is 6.48. The molecule has 0 bridgehead atoms. The van der Waals surface area contributed by atoms with Crippen molar-refractivity contribution < 1.29 is 0 Å². The molecule has 0 saturated carbocycles. The van der Waals surface area contributed by atoms with Gasteiger partial charge in [0.1, 0.15) is 0 Å². The molecule has 0 spiro atoms. The highest BCUT2D eigenvalue weighted by atomic mass is 35.5. The van der Waals surface area contributed by atoms with E-state index in [4.69, 9.17) is 11.6 Å². The molecule has 0 N–H and O–H groups in total. The van der Waals surface area contributed by atoms with Crippen molar-refractivity contribution in [2.45, 2.75) is 6.42 Å². The van der Waals surface area contributed by atoms with Crippen molar-refractivity contribution in [1.82, 2.24) is 0 Å². The maximum Gasteiger partial charge on any atom is 0.0441 e. The molecule has 1 heteroatoms. The Kier molecular flexibility index (Phi) is 3.79. The lowest BCUT2D eigenvalue weighted by Gasteiger charge is -1.99. The smallest absolute Gasteiger partial charge is 0.0441 e. The Labute approximate surface area is 101 Å². The van der Waals surface area contributed by atoms with Gasteiger partial charge in [0.05, 0.1) is 0 Å². The van der Waals surface area contributed by atoms with Crippen LogP contribution in [0.3, 0.4) is 0 Å². The standard InChI is InChI=1S/C15H13Cl/c16-15(14-9-5-2-6-10-14)12-11-13-7-3-1-4-8-13/h1-10,12H,11H2/b15-12-. The van der Waals surface area contributed by atoms with Crippen LogP contribution in [0.5, 0.6) is 0 Å². The molecule has 0 unspecified atom stereocenters. The van der Waals surface area contributed by atoms with E-state index in [0.29, 0.717) is 0 Å². The molecular formula is C15H13Cl. The van der Waals surface area contributed by atoms with Crippen molar-refractivity contribution in [3.05, 3.63) is 77.9 Å². The molecule has 0 fully saturated rings. The predicted octanol–water partition coefficient (Wildman–Crippen LogP) is 4.51. The minimum atomic E-state index is 0.810. The highest BCUT2D eigenvalue weighted by Crippen LogP contribution is 2.19. The first-order valence-electron chi connectivity index (χ1n) is 5.31. The molecule has 0 aliphatic carbocycles. The Morgan fingerprint density at radius 1 is 0.875 bits per heavy atom. The molecule has 0 saturated heterocycles. The Morgan fingerprint density at radius 2 is 1.44 bits per heavy atom. The zero-order valence-corrected chi connectivity index (χ0v) is 9.69. The summed E-state index contributed by atoms with van der Waals surface area (Å²) in [6.45, 7) is 0. The fraction of sp³-hybridized carbons (Fsp3) is 0.0667. The number of benzene rings is 2. The molecular weight excluding hydrogens is 216 g/mol. The van der Waals surface area contributed by atoms with Crippen LogP contribution in [-0.4, -0.2) is 0 Å². The molecule has 0 heterocycles. The zero-order chi connectivity index (χ0) is 11.2. The van der Waals surface area contributed by atoms with Crippen molar-refractivity contribution in [1.29, 1.82) is 0 Å². The van der Waals surface area contributed by atoms with Gasteiger partial charge in [0.2, 0.25) is 0 Å². The van der Waals surface area contributed by atoms with Gasteiger partial charge in [-0.2, -0.15) is 0 Å². The van der Waals surface area contributed by atoms with Gasteiger partial charge < -0.3 is 0 Å². The summed E-state index contributed by atoms with van der Waals surface area (Å²) in [6, 6.07) is 20.3. The van der Waals surface area contributed by atoms with Gasteiger partial charge in [-0.3, -0.25) is 0 Å². The first kappa shape index (κ1) is 11.0. The molecule has 0 aromatic heterocycles. The maximum absolute atomic E-state index is 6.22. The maximum atomic E-state index is 6.22. The third-order valence-electron chi connectivity index (χ3n) is 2.41. The van der Waals surface area contributed by atoms with E-state index in [9.17, 15) is 0 Å². The lowest BCUT2D eigenvalue weighted by Crippen LogP contribution is -1.81. The van der Waals surface area contributed by atoms with Crippen LogP contribution in [0, 0.1) is 0 Å². The largest absolute Gasteiger partial charge is 0.0840 e. The molecule has 0 amide bonds. The van der Waals surface area contributed by atoms with Crippen LogP contribution in [-0.2, 0) is 6.42 Å². The monoisotopic (exact) mass is 228 g/mol. The van der Waals surface area contributed by atoms with Crippen LogP contribution in [0.2, 0.25) is 0 Å². The number of rotatable bonds is 3. The summed E-state index contributed by atoms with van der Waals surface area (Å²) in [5.41, 5.74) is 2.34. The normalized spacial score (nSPS) is 11.4. The lowest BCUT2D eigenvalue weighted by atomic mass is 10.1. The molecule has 0 radical (unpaired) electrons. The molecule has 0 aliphatic rings. The Balaban J connectivity index is 2.09. The summed E-state index contributed by atoms with van der Waals surface area (Å²) in [5, 5.41) is 0.810. The van der Waals surface area contributed by atoms with E-state index in [0.717, 1.165) is 17.0 Å². The van der Waals surface area contributed by atoms with E-state index < -0.39 is 0 Å². The van der Waals surface area contributed by atoms with Gasteiger partial charge >= 0.3 is 0 Å². The van der Waals surface area contributed by atoms with Crippen LogP contribution < -0.4 is 0 Å². The predicted molar refractivity (Wildman–Crippen MR) is 70.4 cm³/mol.